The minimum atomic E-state index is -0.546. The molecule has 132 valence electrons. The molecule has 2 aliphatic rings. The minimum absolute atomic E-state index is 0.320. The van der Waals surface area contributed by atoms with E-state index < -0.39 is 11.2 Å². The molecule has 0 bridgehead atoms. The van der Waals surface area contributed by atoms with E-state index in [0.29, 0.717) is 30.2 Å². The van der Waals surface area contributed by atoms with Gasteiger partial charge in [-0.2, -0.15) is 0 Å². The predicted molar refractivity (Wildman–Crippen MR) is 95.8 cm³/mol. The van der Waals surface area contributed by atoms with E-state index in [1.807, 2.05) is 45.0 Å². The number of halogens is 1. The molecule has 1 unspecified atom stereocenters. The van der Waals surface area contributed by atoms with Gasteiger partial charge in [-0.3, -0.25) is 10.3 Å². The van der Waals surface area contributed by atoms with Crippen LogP contribution in [-0.4, -0.2) is 35.3 Å². The average molecular weight is 361 g/mol. The zero-order valence-corrected chi connectivity index (χ0v) is 15.3. The molecule has 2 heterocycles. The molecule has 0 aromatic heterocycles. The Labute approximate surface area is 152 Å². The number of hydrogen-bond acceptors (Lipinski definition) is 4. The first kappa shape index (κ1) is 17.7. The Kier molecular flexibility index (Phi) is 4.68. The van der Waals surface area contributed by atoms with Gasteiger partial charge in [0, 0.05) is 23.6 Å². The molecular weight excluding hydrogens is 340 g/mol. The minimum Gasteiger partial charge on any atom is -0.444 e. The number of allylic oxidation sites excluding steroid dienone is 1. The van der Waals surface area contributed by atoms with Crippen molar-refractivity contribution in [2.45, 2.75) is 38.4 Å². The van der Waals surface area contributed by atoms with Crippen LogP contribution in [0.1, 0.15) is 32.8 Å². The van der Waals surface area contributed by atoms with Crippen molar-refractivity contribution in [2.24, 2.45) is 0 Å². The first-order valence-electron chi connectivity index (χ1n) is 8.17. The van der Waals surface area contributed by atoms with Crippen LogP contribution in [0, 0.1) is 11.8 Å². The monoisotopic (exact) mass is 360 g/mol. The maximum atomic E-state index is 12.2. The number of likely N-dealkylation sites (tertiary alicyclic amines) is 1. The zero-order valence-electron chi connectivity index (χ0n) is 14.6. The van der Waals surface area contributed by atoms with E-state index in [1.165, 1.54) is 0 Å². The van der Waals surface area contributed by atoms with Gasteiger partial charge in [-0.15, -0.1) is 0 Å². The summed E-state index contributed by atoms with van der Waals surface area (Å²) >= 11 is 5.96. The third-order valence-corrected chi connectivity index (χ3v) is 4.09. The van der Waals surface area contributed by atoms with Crippen LogP contribution in [0.3, 0.4) is 0 Å². The van der Waals surface area contributed by atoms with Crippen LogP contribution in [0.25, 0.3) is 0 Å². The van der Waals surface area contributed by atoms with E-state index in [1.54, 1.807) is 11.0 Å². The molecular formula is C19H21ClN2O3. The Morgan fingerprint density at radius 2 is 2.20 bits per heavy atom. The van der Waals surface area contributed by atoms with E-state index in [4.69, 9.17) is 21.2 Å². The molecule has 0 aliphatic carbocycles. The molecule has 1 saturated heterocycles. The summed E-state index contributed by atoms with van der Waals surface area (Å²) in [5, 5.41) is 0.650. The van der Waals surface area contributed by atoms with Crippen LogP contribution >= 0.6 is 11.6 Å². The van der Waals surface area contributed by atoms with Crippen LogP contribution in [0.5, 0.6) is 0 Å². The quantitative estimate of drug-likeness (QED) is 0.719. The van der Waals surface area contributed by atoms with Crippen molar-refractivity contribution in [1.82, 2.24) is 10.4 Å². The number of ether oxygens (including phenoxy) is 1. The number of hydrogen-bond donors (Lipinski definition) is 1. The topological polar surface area (TPSA) is 50.8 Å². The average Bonchev–Trinajstić information content (AvgIpc) is 3.11. The van der Waals surface area contributed by atoms with Gasteiger partial charge >= 0.3 is 6.09 Å². The third-order valence-electron chi connectivity index (χ3n) is 3.85. The fourth-order valence-electron chi connectivity index (χ4n) is 2.73. The molecule has 1 atom stereocenters. The lowest BCUT2D eigenvalue weighted by molar-refractivity contribution is -0.0338. The van der Waals surface area contributed by atoms with Crippen molar-refractivity contribution < 1.29 is 14.4 Å². The van der Waals surface area contributed by atoms with E-state index >= 15 is 0 Å². The van der Waals surface area contributed by atoms with Gasteiger partial charge in [0.2, 0.25) is 0 Å². The number of nitrogens with zero attached hydrogens (tertiary/aromatic N) is 1. The summed E-state index contributed by atoms with van der Waals surface area (Å²) in [4.78, 5) is 19.6. The molecule has 0 radical (unpaired) electrons. The number of benzene rings is 1. The summed E-state index contributed by atoms with van der Waals surface area (Å²) in [5.74, 6) is 6.09. The largest absolute Gasteiger partial charge is 0.444 e. The molecule has 6 heteroatoms. The molecule has 5 nitrogen and oxygen atoms in total. The van der Waals surface area contributed by atoms with Crippen molar-refractivity contribution in [3.05, 3.63) is 46.6 Å². The fourth-order valence-corrected chi connectivity index (χ4v) is 2.93. The SMILES string of the molecule is CC(C)(C)OC(=O)N1CCC2(C=C(C#Cc3cccc(Cl)c3)NO2)C1. The third kappa shape index (κ3) is 4.47. The summed E-state index contributed by atoms with van der Waals surface area (Å²) in [7, 11) is 0. The number of carbonyl (C=O) groups excluding carboxylic acids is 1. The number of carbonyl (C=O) groups is 1. The van der Waals surface area contributed by atoms with Crippen molar-refractivity contribution in [3.63, 3.8) is 0 Å². The van der Waals surface area contributed by atoms with Gasteiger partial charge < -0.3 is 9.64 Å². The van der Waals surface area contributed by atoms with Crippen LogP contribution in [-0.2, 0) is 9.57 Å². The van der Waals surface area contributed by atoms with Gasteiger partial charge in [0.25, 0.3) is 0 Å². The molecule has 1 aromatic rings. The summed E-state index contributed by atoms with van der Waals surface area (Å²) in [6.07, 6.45) is 2.32. The van der Waals surface area contributed by atoms with Gasteiger partial charge in [0.15, 0.2) is 0 Å². The number of amides is 1. The normalized spacial score (nSPS) is 22.2. The first-order chi connectivity index (χ1) is 11.7. The van der Waals surface area contributed by atoms with E-state index in [9.17, 15) is 4.79 Å². The molecule has 1 N–H and O–H groups in total. The van der Waals surface area contributed by atoms with Crippen molar-refractivity contribution in [3.8, 4) is 11.8 Å². The number of nitrogens with one attached hydrogen (secondary N) is 1. The summed E-state index contributed by atoms with van der Waals surface area (Å²) < 4.78 is 5.42. The first-order valence-corrected chi connectivity index (χ1v) is 8.55. The van der Waals surface area contributed by atoms with Crippen molar-refractivity contribution >= 4 is 17.7 Å². The molecule has 3 rings (SSSR count). The lowest BCUT2D eigenvalue weighted by atomic mass is 10.0. The Balaban J connectivity index is 1.67. The highest BCUT2D eigenvalue weighted by molar-refractivity contribution is 6.30. The molecule has 0 saturated carbocycles. The smallest absolute Gasteiger partial charge is 0.410 e. The zero-order chi connectivity index (χ0) is 18.1. The lowest BCUT2D eigenvalue weighted by Crippen LogP contribution is -2.39. The maximum absolute atomic E-state index is 12.2. The molecule has 2 aliphatic heterocycles. The number of hydroxylamine groups is 1. The van der Waals surface area contributed by atoms with Crippen LogP contribution in [0.15, 0.2) is 36.0 Å². The lowest BCUT2D eigenvalue weighted by Gasteiger charge is -2.25. The van der Waals surface area contributed by atoms with Gasteiger partial charge in [-0.1, -0.05) is 23.6 Å². The highest BCUT2D eigenvalue weighted by Gasteiger charge is 2.44. The second kappa shape index (κ2) is 6.62. The van der Waals surface area contributed by atoms with Gasteiger partial charge in [0.1, 0.15) is 16.9 Å². The maximum Gasteiger partial charge on any atom is 0.410 e. The summed E-state index contributed by atoms with van der Waals surface area (Å²) in [6, 6.07) is 7.36. The number of rotatable bonds is 0. The molecule has 25 heavy (non-hydrogen) atoms. The Bertz CT molecular complexity index is 773. The predicted octanol–water partition coefficient (Wildman–Crippen LogP) is 3.49. The fraction of sp³-hybridized carbons (Fsp3) is 0.421. The van der Waals surface area contributed by atoms with E-state index in [-0.39, 0.29) is 6.09 Å². The summed E-state index contributed by atoms with van der Waals surface area (Å²) in [6.45, 7) is 6.59. The van der Waals surface area contributed by atoms with E-state index in [0.717, 1.165) is 5.56 Å². The Morgan fingerprint density at radius 3 is 2.92 bits per heavy atom. The standard InChI is InChI=1S/C19H21ClN2O3/c1-18(2,3)24-17(23)22-10-9-19(13-22)12-16(21-25-19)8-7-14-5-4-6-15(20)11-14/h4-6,11-12,21H,9-10,13H2,1-3H3. The molecule has 1 amide bonds. The highest BCUT2D eigenvalue weighted by Crippen LogP contribution is 2.31. The summed E-state index contributed by atoms with van der Waals surface area (Å²) in [5.41, 5.74) is 3.32. The molecule has 1 spiro atoms. The van der Waals surface area contributed by atoms with Crippen molar-refractivity contribution in [2.75, 3.05) is 13.1 Å². The Morgan fingerprint density at radius 1 is 1.40 bits per heavy atom. The van der Waals surface area contributed by atoms with Gasteiger partial charge in [-0.05, 0) is 51.0 Å². The second-order valence-corrected chi connectivity index (χ2v) is 7.68. The van der Waals surface area contributed by atoms with Crippen LogP contribution in [0.2, 0.25) is 5.02 Å². The van der Waals surface area contributed by atoms with Gasteiger partial charge in [-0.25, -0.2) is 4.79 Å². The molecule has 1 fully saturated rings. The van der Waals surface area contributed by atoms with Crippen molar-refractivity contribution in [1.29, 1.82) is 0 Å². The second-order valence-electron chi connectivity index (χ2n) is 7.24. The van der Waals surface area contributed by atoms with Crippen LogP contribution < -0.4 is 5.48 Å². The highest BCUT2D eigenvalue weighted by atomic mass is 35.5. The van der Waals surface area contributed by atoms with Crippen LogP contribution in [0.4, 0.5) is 4.79 Å². The molecule has 1 aromatic carbocycles. The van der Waals surface area contributed by atoms with Gasteiger partial charge in [0.05, 0.1) is 6.54 Å². The Hall–Kier alpha value is -2.16. The van der Waals surface area contributed by atoms with E-state index in [2.05, 4.69) is 17.3 Å².